The van der Waals surface area contributed by atoms with Crippen LogP contribution in [0.4, 0.5) is 0 Å². The molecule has 7 nitrogen and oxygen atoms in total. The van der Waals surface area contributed by atoms with Gasteiger partial charge < -0.3 is 19.7 Å². The zero-order valence-electron chi connectivity index (χ0n) is 16.5. The number of pyridine rings is 1. The number of aromatic nitrogens is 1. The van der Waals surface area contributed by atoms with Crippen molar-refractivity contribution in [1.82, 2.24) is 15.2 Å². The van der Waals surface area contributed by atoms with Crippen molar-refractivity contribution in [2.75, 3.05) is 26.3 Å². The highest BCUT2D eigenvalue weighted by Crippen LogP contribution is 2.31. The standard InChI is InChI=1S/C22H25N3O4/c1-16(17-5-3-2-4-6-17)24-20(26)18-13-19(15-23-14-18)21(27)25-9-7-22(8-10-25)28-11-12-29-22/h2-6,13-16H,7-12H2,1H3,(H,24,26). The Morgan fingerprint density at radius 3 is 2.41 bits per heavy atom. The first-order valence-electron chi connectivity index (χ1n) is 9.94. The Morgan fingerprint density at radius 2 is 1.72 bits per heavy atom. The molecule has 0 aliphatic carbocycles. The van der Waals surface area contributed by atoms with E-state index in [1.807, 2.05) is 37.3 Å². The summed E-state index contributed by atoms with van der Waals surface area (Å²) in [5.74, 6) is -0.908. The summed E-state index contributed by atoms with van der Waals surface area (Å²) >= 11 is 0. The van der Waals surface area contributed by atoms with Crippen LogP contribution >= 0.6 is 0 Å². The molecule has 0 radical (unpaired) electrons. The van der Waals surface area contributed by atoms with Gasteiger partial charge in [-0.2, -0.15) is 0 Å². The average Bonchev–Trinajstić information content (AvgIpc) is 3.22. The molecule has 2 fully saturated rings. The third-order valence-corrected chi connectivity index (χ3v) is 5.52. The van der Waals surface area contributed by atoms with Crippen LogP contribution < -0.4 is 5.32 Å². The Bertz CT molecular complexity index is 871. The topological polar surface area (TPSA) is 80.8 Å². The molecule has 29 heavy (non-hydrogen) atoms. The summed E-state index contributed by atoms with van der Waals surface area (Å²) in [5.41, 5.74) is 1.79. The summed E-state index contributed by atoms with van der Waals surface area (Å²) in [6, 6.07) is 11.2. The summed E-state index contributed by atoms with van der Waals surface area (Å²) in [5, 5.41) is 2.95. The number of piperidine rings is 1. The first kappa shape index (κ1) is 19.5. The van der Waals surface area contributed by atoms with Crippen LogP contribution in [0.25, 0.3) is 0 Å². The lowest BCUT2D eigenvalue weighted by atomic mass is 10.0. The van der Waals surface area contributed by atoms with Crippen molar-refractivity contribution >= 4 is 11.8 Å². The molecule has 2 saturated heterocycles. The second-order valence-electron chi connectivity index (χ2n) is 7.47. The van der Waals surface area contributed by atoms with Gasteiger partial charge in [0.2, 0.25) is 0 Å². The number of amides is 2. The molecule has 1 aromatic heterocycles. The highest BCUT2D eigenvalue weighted by Gasteiger charge is 2.40. The van der Waals surface area contributed by atoms with E-state index in [4.69, 9.17) is 9.47 Å². The fourth-order valence-electron chi connectivity index (χ4n) is 3.80. The van der Waals surface area contributed by atoms with Crippen LogP contribution in [0.2, 0.25) is 0 Å². The molecule has 1 N–H and O–H groups in total. The molecule has 2 aliphatic heterocycles. The first-order chi connectivity index (χ1) is 14.1. The van der Waals surface area contributed by atoms with Crippen LogP contribution in [0.1, 0.15) is 52.1 Å². The molecular formula is C22H25N3O4. The zero-order chi connectivity index (χ0) is 20.3. The summed E-state index contributed by atoms with van der Waals surface area (Å²) in [7, 11) is 0. The second kappa shape index (κ2) is 8.31. The van der Waals surface area contributed by atoms with E-state index in [0.29, 0.717) is 50.3 Å². The zero-order valence-corrected chi connectivity index (χ0v) is 16.5. The van der Waals surface area contributed by atoms with Crippen molar-refractivity contribution in [2.45, 2.75) is 31.6 Å². The normalized spacial score (nSPS) is 19.1. The van der Waals surface area contributed by atoms with Gasteiger partial charge in [0.25, 0.3) is 11.8 Å². The number of benzene rings is 1. The maximum absolute atomic E-state index is 12.9. The molecule has 4 rings (SSSR count). The Kier molecular flexibility index (Phi) is 5.60. The number of rotatable bonds is 4. The van der Waals surface area contributed by atoms with E-state index in [0.717, 1.165) is 5.56 Å². The van der Waals surface area contributed by atoms with E-state index in [1.54, 1.807) is 11.0 Å². The highest BCUT2D eigenvalue weighted by molar-refractivity contribution is 5.99. The van der Waals surface area contributed by atoms with E-state index in [-0.39, 0.29) is 17.9 Å². The fourth-order valence-corrected chi connectivity index (χ4v) is 3.80. The number of likely N-dealkylation sites (tertiary alicyclic amines) is 1. The van der Waals surface area contributed by atoms with Crippen molar-refractivity contribution in [2.24, 2.45) is 0 Å². The van der Waals surface area contributed by atoms with Gasteiger partial charge >= 0.3 is 0 Å². The lowest BCUT2D eigenvalue weighted by Gasteiger charge is -2.37. The first-order valence-corrected chi connectivity index (χ1v) is 9.94. The summed E-state index contributed by atoms with van der Waals surface area (Å²) in [4.78, 5) is 31.4. The molecule has 2 amide bonds. The molecule has 1 aromatic carbocycles. The molecule has 0 bridgehead atoms. The van der Waals surface area contributed by atoms with Gasteiger partial charge in [-0.3, -0.25) is 14.6 Å². The third kappa shape index (κ3) is 4.31. The van der Waals surface area contributed by atoms with Crippen molar-refractivity contribution < 1.29 is 19.1 Å². The van der Waals surface area contributed by atoms with Gasteiger partial charge in [-0.05, 0) is 18.6 Å². The molecule has 152 valence electrons. The van der Waals surface area contributed by atoms with E-state index >= 15 is 0 Å². The number of nitrogens with zero attached hydrogens (tertiary/aromatic N) is 2. The Balaban J connectivity index is 1.40. The minimum absolute atomic E-state index is 0.129. The van der Waals surface area contributed by atoms with Crippen molar-refractivity contribution in [3.8, 4) is 0 Å². The molecule has 1 atom stereocenters. The van der Waals surface area contributed by atoms with Gasteiger partial charge in [0, 0.05) is 38.3 Å². The predicted octanol–water partition coefficient (Wildman–Crippen LogP) is 2.55. The van der Waals surface area contributed by atoms with Gasteiger partial charge in [0.05, 0.1) is 30.4 Å². The maximum Gasteiger partial charge on any atom is 0.255 e. The summed E-state index contributed by atoms with van der Waals surface area (Å²) in [6.45, 7) is 4.25. The lowest BCUT2D eigenvalue weighted by molar-refractivity contribution is -0.181. The van der Waals surface area contributed by atoms with E-state index in [1.165, 1.54) is 12.4 Å². The quantitative estimate of drug-likeness (QED) is 0.861. The second-order valence-corrected chi connectivity index (χ2v) is 7.47. The Morgan fingerprint density at radius 1 is 1.07 bits per heavy atom. The van der Waals surface area contributed by atoms with Crippen molar-refractivity contribution in [3.63, 3.8) is 0 Å². The largest absolute Gasteiger partial charge is 0.347 e. The molecule has 2 aromatic rings. The Hall–Kier alpha value is -2.77. The van der Waals surface area contributed by atoms with Crippen LogP contribution in [0.3, 0.4) is 0 Å². The number of nitrogens with one attached hydrogen (secondary N) is 1. The van der Waals surface area contributed by atoms with E-state index in [9.17, 15) is 9.59 Å². The van der Waals surface area contributed by atoms with Crippen LogP contribution in [0.5, 0.6) is 0 Å². The Labute approximate surface area is 170 Å². The van der Waals surface area contributed by atoms with E-state index in [2.05, 4.69) is 10.3 Å². The molecule has 2 aliphatic rings. The van der Waals surface area contributed by atoms with Crippen molar-refractivity contribution in [3.05, 3.63) is 65.5 Å². The highest BCUT2D eigenvalue weighted by atomic mass is 16.7. The minimum Gasteiger partial charge on any atom is -0.347 e. The van der Waals surface area contributed by atoms with Crippen molar-refractivity contribution in [1.29, 1.82) is 0 Å². The molecule has 1 unspecified atom stereocenters. The number of carbonyl (C=O) groups excluding carboxylic acids is 2. The molecule has 7 heteroatoms. The van der Waals surface area contributed by atoms with Gasteiger partial charge in [-0.1, -0.05) is 30.3 Å². The van der Waals surface area contributed by atoms with Gasteiger partial charge in [0.1, 0.15) is 0 Å². The molecule has 3 heterocycles. The maximum atomic E-state index is 12.9. The number of carbonyl (C=O) groups is 2. The average molecular weight is 395 g/mol. The number of ether oxygens (including phenoxy) is 2. The van der Waals surface area contributed by atoms with Crippen LogP contribution in [-0.4, -0.2) is 53.8 Å². The van der Waals surface area contributed by atoms with Crippen LogP contribution in [0, 0.1) is 0 Å². The monoisotopic (exact) mass is 395 g/mol. The summed E-state index contributed by atoms with van der Waals surface area (Å²) < 4.78 is 11.4. The van der Waals surface area contributed by atoms with Crippen LogP contribution in [0.15, 0.2) is 48.8 Å². The molecule has 0 saturated carbocycles. The molecular weight excluding hydrogens is 370 g/mol. The third-order valence-electron chi connectivity index (χ3n) is 5.52. The molecule has 1 spiro atoms. The predicted molar refractivity (Wildman–Crippen MR) is 106 cm³/mol. The smallest absolute Gasteiger partial charge is 0.255 e. The van der Waals surface area contributed by atoms with E-state index < -0.39 is 5.79 Å². The fraction of sp³-hybridized carbons (Fsp3) is 0.409. The SMILES string of the molecule is CC(NC(=O)c1cncc(C(=O)N2CCC3(CC2)OCCO3)c1)c1ccccc1. The summed E-state index contributed by atoms with van der Waals surface area (Å²) in [6.07, 6.45) is 4.30. The van der Waals surface area contributed by atoms with Gasteiger partial charge in [-0.25, -0.2) is 0 Å². The van der Waals surface area contributed by atoms with Crippen LogP contribution in [-0.2, 0) is 9.47 Å². The lowest BCUT2D eigenvalue weighted by Crippen LogP contribution is -2.47. The van der Waals surface area contributed by atoms with Gasteiger partial charge in [0.15, 0.2) is 5.79 Å². The number of hydrogen-bond donors (Lipinski definition) is 1. The minimum atomic E-state index is -0.523. The van der Waals surface area contributed by atoms with Gasteiger partial charge in [-0.15, -0.1) is 0 Å². The number of hydrogen-bond acceptors (Lipinski definition) is 5.